The first kappa shape index (κ1) is 7.66. The van der Waals surface area contributed by atoms with Crippen LogP contribution >= 0.6 is 0 Å². The molecule has 1 aliphatic rings. The molecule has 0 aromatic heterocycles. The molecule has 0 amide bonds. The number of rotatable bonds is 2. The minimum absolute atomic E-state index is 0.840. The molecule has 64 valence electrons. The number of anilines is 1. The van der Waals surface area contributed by atoms with E-state index in [2.05, 4.69) is 30.4 Å². The fourth-order valence-electron chi connectivity index (χ4n) is 1.64. The molecule has 1 saturated carbocycles. The summed E-state index contributed by atoms with van der Waals surface area (Å²) in [6.45, 7) is 2.16. The minimum atomic E-state index is 0.840. The van der Waals surface area contributed by atoms with Crippen LogP contribution in [0.5, 0.6) is 0 Å². The first-order valence-corrected chi connectivity index (χ1v) is 4.59. The predicted molar refractivity (Wildman–Crippen MR) is 52.7 cm³/mol. The van der Waals surface area contributed by atoms with Gasteiger partial charge >= 0.3 is 0 Å². The topological polar surface area (TPSA) is 12.0 Å². The fraction of sp³-hybridized carbons (Fsp3) is 0.455. The summed E-state index contributed by atoms with van der Waals surface area (Å²) in [6, 6.07) is 6.66. The Kier molecular flexibility index (Phi) is 1.80. The second kappa shape index (κ2) is 2.81. The van der Waals surface area contributed by atoms with E-state index in [1.54, 1.807) is 0 Å². The smallest absolute Gasteiger partial charge is 0.0373 e. The van der Waals surface area contributed by atoms with Crippen LogP contribution in [0.15, 0.2) is 18.2 Å². The molecular formula is C11H15N. The molecule has 12 heavy (non-hydrogen) atoms. The maximum absolute atomic E-state index is 3.24. The highest BCUT2D eigenvalue weighted by molar-refractivity contribution is 5.55. The van der Waals surface area contributed by atoms with Crippen LogP contribution in [0, 0.1) is 6.92 Å². The Bertz CT molecular complexity index is 287. The molecule has 1 aromatic carbocycles. The van der Waals surface area contributed by atoms with Gasteiger partial charge in [-0.3, -0.25) is 0 Å². The van der Waals surface area contributed by atoms with Crippen molar-refractivity contribution in [1.82, 2.24) is 0 Å². The highest BCUT2D eigenvalue weighted by Crippen LogP contribution is 2.43. The minimum Gasteiger partial charge on any atom is -0.388 e. The van der Waals surface area contributed by atoms with Crippen LogP contribution in [0.2, 0.25) is 0 Å². The van der Waals surface area contributed by atoms with E-state index in [4.69, 9.17) is 0 Å². The lowest BCUT2D eigenvalue weighted by atomic mass is 10.1. The van der Waals surface area contributed by atoms with Gasteiger partial charge in [-0.2, -0.15) is 0 Å². The van der Waals surface area contributed by atoms with Crippen LogP contribution < -0.4 is 5.32 Å². The molecule has 1 fully saturated rings. The lowest BCUT2D eigenvalue weighted by molar-refractivity contribution is 1.12. The van der Waals surface area contributed by atoms with Crippen LogP contribution in [0.4, 0.5) is 5.69 Å². The summed E-state index contributed by atoms with van der Waals surface area (Å²) in [6.07, 6.45) is 2.75. The maximum Gasteiger partial charge on any atom is 0.0373 e. The number of hydrogen-bond donors (Lipinski definition) is 1. The molecule has 0 bridgehead atoms. The van der Waals surface area contributed by atoms with Crippen molar-refractivity contribution in [3.63, 3.8) is 0 Å². The zero-order valence-electron chi connectivity index (χ0n) is 7.72. The Balaban J connectivity index is 2.39. The summed E-state index contributed by atoms with van der Waals surface area (Å²) in [7, 11) is 2.00. The van der Waals surface area contributed by atoms with Crippen LogP contribution in [-0.4, -0.2) is 7.05 Å². The SMILES string of the molecule is CNc1ccc(C)cc1C1CC1. The van der Waals surface area contributed by atoms with Gasteiger partial charge in [0, 0.05) is 12.7 Å². The summed E-state index contributed by atoms with van der Waals surface area (Å²) < 4.78 is 0. The molecule has 0 spiro atoms. The Morgan fingerprint density at radius 3 is 2.67 bits per heavy atom. The first-order valence-electron chi connectivity index (χ1n) is 4.59. The van der Waals surface area contributed by atoms with Crippen molar-refractivity contribution >= 4 is 5.69 Å². The molecule has 0 unspecified atom stereocenters. The summed E-state index contributed by atoms with van der Waals surface area (Å²) in [4.78, 5) is 0. The van der Waals surface area contributed by atoms with Gasteiger partial charge in [0.25, 0.3) is 0 Å². The second-order valence-corrected chi connectivity index (χ2v) is 3.61. The van der Waals surface area contributed by atoms with E-state index < -0.39 is 0 Å². The number of hydrogen-bond acceptors (Lipinski definition) is 1. The molecular weight excluding hydrogens is 146 g/mol. The average molecular weight is 161 g/mol. The zero-order chi connectivity index (χ0) is 8.55. The maximum atomic E-state index is 3.24. The van der Waals surface area contributed by atoms with Gasteiger partial charge in [-0.05, 0) is 37.3 Å². The van der Waals surface area contributed by atoms with Gasteiger partial charge in [0.1, 0.15) is 0 Å². The summed E-state index contributed by atoms with van der Waals surface area (Å²) in [5.74, 6) is 0.840. The summed E-state index contributed by atoms with van der Waals surface area (Å²) in [5, 5.41) is 3.24. The van der Waals surface area contributed by atoms with Gasteiger partial charge in [0.05, 0.1) is 0 Å². The van der Waals surface area contributed by atoms with Crippen LogP contribution in [0.1, 0.15) is 29.9 Å². The molecule has 1 N–H and O–H groups in total. The third-order valence-corrected chi connectivity index (χ3v) is 2.49. The Morgan fingerprint density at radius 2 is 2.08 bits per heavy atom. The van der Waals surface area contributed by atoms with E-state index >= 15 is 0 Å². The van der Waals surface area contributed by atoms with Crippen LogP contribution in [0.25, 0.3) is 0 Å². The van der Waals surface area contributed by atoms with Crippen molar-refractivity contribution < 1.29 is 0 Å². The van der Waals surface area contributed by atoms with Gasteiger partial charge in [-0.25, -0.2) is 0 Å². The van der Waals surface area contributed by atoms with Gasteiger partial charge in [0.2, 0.25) is 0 Å². The van der Waals surface area contributed by atoms with Gasteiger partial charge in [-0.1, -0.05) is 17.7 Å². The van der Waals surface area contributed by atoms with E-state index in [0.29, 0.717) is 0 Å². The molecule has 1 nitrogen and oxygen atoms in total. The number of nitrogens with one attached hydrogen (secondary N) is 1. The number of benzene rings is 1. The van der Waals surface area contributed by atoms with Gasteiger partial charge in [0.15, 0.2) is 0 Å². The second-order valence-electron chi connectivity index (χ2n) is 3.61. The fourth-order valence-corrected chi connectivity index (χ4v) is 1.64. The highest BCUT2D eigenvalue weighted by Gasteiger charge is 2.25. The van der Waals surface area contributed by atoms with Gasteiger partial charge in [-0.15, -0.1) is 0 Å². The number of aryl methyl sites for hydroxylation is 1. The van der Waals surface area contributed by atoms with Crippen LogP contribution in [0.3, 0.4) is 0 Å². The predicted octanol–water partition coefficient (Wildman–Crippen LogP) is 2.91. The zero-order valence-corrected chi connectivity index (χ0v) is 7.72. The van der Waals surface area contributed by atoms with E-state index in [9.17, 15) is 0 Å². The quantitative estimate of drug-likeness (QED) is 0.703. The first-order chi connectivity index (χ1) is 5.81. The molecule has 0 aliphatic heterocycles. The van der Waals surface area contributed by atoms with Crippen LogP contribution in [-0.2, 0) is 0 Å². The standard InChI is InChI=1S/C11H15N/c1-8-3-6-11(12-2)10(7-8)9-4-5-9/h3,6-7,9,12H,4-5H2,1-2H3. The molecule has 1 aromatic rings. The normalized spacial score (nSPS) is 16.2. The van der Waals surface area contributed by atoms with Gasteiger partial charge < -0.3 is 5.32 Å². The molecule has 0 radical (unpaired) electrons. The lowest BCUT2D eigenvalue weighted by Crippen LogP contribution is -1.94. The van der Waals surface area contributed by atoms with Crippen molar-refractivity contribution in [3.05, 3.63) is 29.3 Å². The Hall–Kier alpha value is -0.980. The Labute approximate surface area is 73.8 Å². The Morgan fingerprint density at radius 1 is 1.33 bits per heavy atom. The van der Waals surface area contributed by atoms with Crippen molar-refractivity contribution in [1.29, 1.82) is 0 Å². The third kappa shape index (κ3) is 1.31. The third-order valence-electron chi connectivity index (χ3n) is 2.49. The molecule has 0 saturated heterocycles. The van der Waals surface area contributed by atoms with Crippen molar-refractivity contribution in [2.45, 2.75) is 25.7 Å². The summed E-state index contributed by atoms with van der Waals surface area (Å²) in [5.41, 5.74) is 4.19. The monoisotopic (exact) mass is 161 g/mol. The van der Waals surface area contributed by atoms with Crippen molar-refractivity contribution in [2.24, 2.45) is 0 Å². The largest absolute Gasteiger partial charge is 0.388 e. The van der Waals surface area contributed by atoms with Crippen molar-refractivity contribution in [2.75, 3.05) is 12.4 Å². The summed E-state index contributed by atoms with van der Waals surface area (Å²) >= 11 is 0. The molecule has 1 heteroatoms. The lowest BCUT2D eigenvalue weighted by Gasteiger charge is -2.08. The average Bonchev–Trinajstić information content (AvgIpc) is 2.87. The molecule has 1 aliphatic carbocycles. The van der Waals surface area contributed by atoms with E-state index in [-0.39, 0.29) is 0 Å². The molecule has 2 rings (SSSR count). The van der Waals surface area contributed by atoms with Crippen molar-refractivity contribution in [3.8, 4) is 0 Å². The highest BCUT2D eigenvalue weighted by atomic mass is 14.8. The van der Waals surface area contributed by atoms with E-state index in [0.717, 1.165) is 5.92 Å². The van der Waals surface area contributed by atoms with E-state index in [1.165, 1.54) is 29.7 Å². The molecule has 0 heterocycles. The molecule has 0 atom stereocenters. The van der Waals surface area contributed by atoms with E-state index in [1.807, 2.05) is 7.05 Å².